The highest BCUT2D eigenvalue weighted by molar-refractivity contribution is 5.91. The van der Waals surface area contributed by atoms with E-state index in [0.29, 0.717) is 19.3 Å². The molecule has 2 fully saturated rings. The normalized spacial score (nSPS) is 18.9. The Bertz CT molecular complexity index is 1220. The van der Waals surface area contributed by atoms with Gasteiger partial charge in [-0.3, -0.25) is 14.7 Å². The minimum absolute atomic E-state index is 0.152. The van der Waals surface area contributed by atoms with E-state index < -0.39 is 0 Å². The van der Waals surface area contributed by atoms with E-state index in [0.717, 1.165) is 68.2 Å². The number of hydrogen-bond acceptors (Lipinski definition) is 6. The second kappa shape index (κ2) is 11.0. The standard InChI is InChI=1S/C27H35N7O2/c1-20-27(31-18-29-20)30-17-28-19-34-10-4-6-24(34)16-36-26-7-3-5-22-8-9-23(15-25(22)26)33-13-11-32(12-14-33)21(2)35/h3,5,7-9,15,17-18,24H,4,6,10-14,16,19H2,1-2H3,(H,28,30)(H,29,31). The first-order valence-electron chi connectivity index (χ1n) is 12.7. The number of nitrogens with zero attached hydrogens (tertiary/aromatic N) is 5. The topological polar surface area (TPSA) is 89.1 Å². The predicted molar refractivity (Wildman–Crippen MR) is 144 cm³/mol. The monoisotopic (exact) mass is 489 g/mol. The smallest absolute Gasteiger partial charge is 0.219 e. The van der Waals surface area contributed by atoms with Gasteiger partial charge in [-0.25, -0.2) is 4.98 Å². The Morgan fingerprint density at radius 2 is 2.08 bits per heavy atom. The number of carbonyl (C=O) groups excluding carboxylic acids is 1. The summed E-state index contributed by atoms with van der Waals surface area (Å²) < 4.78 is 6.41. The quantitative estimate of drug-likeness (QED) is 0.372. The number of aryl methyl sites for hydroxylation is 1. The Labute approximate surface area is 212 Å². The molecule has 1 atom stereocenters. The number of likely N-dealkylation sites (tertiary alicyclic amines) is 1. The van der Waals surface area contributed by atoms with Crippen molar-refractivity contribution in [1.29, 1.82) is 0 Å². The Balaban J connectivity index is 1.20. The maximum absolute atomic E-state index is 11.7. The lowest BCUT2D eigenvalue weighted by atomic mass is 10.1. The van der Waals surface area contributed by atoms with Crippen molar-refractivity contribution in [3.05, 3.63) is 48.4 Å². The second-order valence-electron chi connectivity index (χ2n) is 9.55. The van der Waals surface area contributed by atoms with Crippen molar-refractivity contribution in [1.82, 2.24) is 19.8 Å². The van der Waals surface area contributed by atoms with Crippen LogP contribution in [0.25, 0.3) is 10.8 Å². The zero-order valence-electron chi connectivity index (χ0n) is 21.1. The molecule has 3 heterocycles. The van der Waals surface area contributed by atoms with Gasteiger partial charge in [0.2, 0.25) is 5.91 Å². The van der Waals surface area contributed by atoms with Crippen LogP contribution in [0.15, 0.2) is 47.7 Å². The van der Waals surface area contributed by atoms with Gasteiger partial charge in [-0.2, -0.15) is 0 Å². The van der Waals surface area contributed by atoms with Crippen molar-refractivity contribution in [2.45, 2.75) is 32.7 Å². The zero-order valence-corrected chi connectivity index (χ0v) is 21.1. The van der Waals surface area contributed by atoms with E-state index in [4.69, 9.17) is 4.74 Å². The molecule has 5 rings (SSSR count). The molecule has 0 aliphatic carbocycles. The van der Waals surface area contributed by atoms with E-state index in [1.807, 2.05) is 11.8 Å². The maximum atomic E-state index is 11.7. The second-order valence-corrected chi connectivity index (χ2v) is 9.55. The SMILES string of the molecule is CC(=O)N1CCN(c2ccc3cccc(OCC4CCCN4CN=CNc4nc[nH]c4C)c3c2)CC1. The van der Waals surface area contributed by atoms with Crippen molar-refractivity contribution >= 4 is 34.5 Å². The lowest BCUT2D eigenvalue weighted by Crippen LogP contribution is -2.48. The highest BCUT2D eigenvalue weighted by atomic mass is 16.5. The van der Waals surface area contributed by atoms with Gasteiger partial charge in [0.1, 0.15) is 12.4 Å². The van der Waals surface area contributed by atoms with Gasteiger partial charge in [-0.15, -0.1) is 0 Å². The number of anilines is 2. The van der Waals surface area contributed by atoms with Crippen LogP contribution in [0, 0.1) is 6.92 Å². The van der Waals surface area contributed by atoms with Gasteiger partial charge >= 0.3 is 0 Å². The molecule has 1 unspecified atom stereocenters. The van der Waals surface area contributed by atoms with Gasteiger partial charge < -0.3 is 24.8 Å². The fourth-order valence-corrected chi connectivity index (χ4v) is 5.05. The van der Waals surface area contributed by atoms with Crippen molar-refractivity contribution in [3.63, 3.8) is 0 Å². The number of nitrogens with one attached hydrogen (secondary N) is 2. The first-order chi connectivity index (χ1) is 17.6. The van der Waals surface area contributed by atoms with Crippen LogP contribution in [0.2, 0.25) is 0 Å². The largest absolute Gasteiger partial charge is 0.491 e. The van der Waals surface area contributed by atoms with Gasteiger partial charge in [-0.1, -0.05) is 18.2 Å². The van der Waals surface area contributed by atoms with E-state index in [1.54, 1.807) is 19.6 Å². The van der Waals surface area contributed by atoms with Crippen LogP contribution in [-0.2, 0) is 4.79 Å². The lowest BCUT2D eigenvalue weighted by molar-refractivity contribution is -0.129. The Hall–Kier alpha value is -3.59. The molecule has 0 saturated carbocycles. The number of carbonyl (C=O) groups is 1. The Kier molecular flexibility index (Phi) is 7.36. The molecular formula is C27H35N7O2. The van der Waals surface area contributed by atoms with E-state index in [-0.39, 0.29) is 5.91 Å². The number of benzene rings is 2. The van der Waals surface area contributed by atoms with E-state index in [9.17, 15) is 4.79 Å². The number of amides is 1. The number of H-pyrrole nitrogens is 1. The highest BCUT2D eigenvalue weighted by Crippen LogP contribution is 2.31. The number of rotatable bonds is 8. The van der Waals surface area contributed by atoms with Crippen molar-refractivity contribution in [2.75, 3.05) is 56.2 Å². The average molecular weight is 490 g/mol. The predicted octanol–water partition coefficient (Wildman–Crippen LogP) is 3.48. The molecule has 2 aliphatic rings. The molecule has 190 valence electrons. The summed E-state index contributed by atoms with van der Waals surface area (Å²) in [6.45, 7) is 9.15. The third-order valence-electron chi connectivity index (χ3n) is 7.23. The molecule has 1 amide bonds. The minimum Gasteiger partial charge on any atom is -0.491 e. The fourth-order valence-electron chi connectivity index (χ4n) is 5.05. The van der Waals surface area contributed by atoms with Crippen LogP contribution in [-0.4, -0.2) is 84.1 Å². The lowest BCUT2D eigenvalue weighted by Gasteiger charge is -2.35. The van der Waals surface area contributed by atoms with Crippen LogP contribution in [0.1, 0.15) is 25.5 Å². The Morgan fingerprint density at radius 1 is 1.22 bits per heavy atom. The molecule has 9 nitrogen and oxygen atoms in total. The summed E-state index contributed by atoms with van der Waals surface area (Å²) >= 11 is 0. The number of fused-ring (bicyclic) bond motifs is 1. The third-order valence-corrected chi connectivity index (χ3v) is 7.23. The van der Waals surface area contributed by atoms with Crippen molar-refractivity contribution in [3.8, 4) is 5.75 Å². The van der Waals surface area contributed by atoms with Gasteiger partial charge in [-0.05, 0) is 43.4 Å². The summed E-state index contributed by atoms with van der Waals surface area (Å²) in [5.41, 5.74) is 2.17. The molecule has 1 aromatic heterocycles. The first kappa shape index (κ1) is 24.1. The number of aliphatic imine (C=N–C) groups is 1. The summed E-state index contributed by atoms with van der Waals surface area (Å²) in [5.74, 6) is 1.87. The number of aromatic amines is 1. The number of imidazole rings is 1. The summed E-state index contributed by atoms with van der Waals surface area (Å²) in [7, 11) is 0. The number of hydrogen-bond donors (Lipinski definition) is 2. The van der Waals surface area contributed by atoms with Crippen molar-refractivity contribution in [2.24, 2.45) is 4.99 Å². The maximum Gasteiger partial charge on any atom is 0.219 e. The van der Waals surface area contributed by atoms with Crippen LogP contribution in [0.3, 0.4) is 0 Å². The summed E-state index contributed by atoms with van der Waals surface area (Å²) in [6, 6.07) is 13.2. The molecule has 2 aromatic carbocycles. The molecule has 2 aliphatic heterocycles. The first-order valence-corrected chi connectivity index (χ1v) is 12.7. The molecule has 36 heavy (non-hydrogen) atoms. The van der Waals surface area contributed by atoms with Gasteiger partial charge in [0, 0.05) is 56.8 Å². The molecule has 2 saturated heterocycles. The molecule has 0 bridgehead atoms. The van der Waals surface area contributed by atoms with E-state index in [2.05, 4.69) is 66.5 Å². The zero-order chi connectivity index (χ0) is 24.9. The van der Waals surface area contributed by atoms with Gasteiger partial charge in [0.05, 0.1) is 25.0 Å². The van der Waals surface area contributed by atoms with Crippen LogP contribution >= 0.6 is 0 Å². The molecule has 0 radical (unpaired) electrons. The third kappa shape index (κ3) is 5.46. The number of piperazine rings is 1. The molecule has 0 spiro atoms. The minimum atomic E-state index is 0.152. The van der Waals surface area contributed by atoms with Crippen molar-refractivity contribution < 1.29 is 9.53 Å². The summed E-state index contributed by atoms with van der Waals surface area (Å²) in [4.78, 5) is 30.1. The highest BCUT2D eigenvalue weighted by Gasteiger charge is 2.25. The van der Waals surface area contributed by atoms with E-state index in [1.165, 1.54) is 11.1 Å². The van der Waals surface area contributed by atoms with Crippen LogP contribution < -0.4 is 15.0 Å². The summed E-state index contributed by atoms with van der Waals surface area (Å²) in [6.07, 6.45) is 5.66. The molecule has 9 heteroatoms. The summed E-state index contributed by atoms with van der Waals surface area (Å²) in [5, 5.41) is 5.44. The molecule has 2 N–H and O–H groups in total. The van der Waals surface area contributed by atoms with E-state index >= 15 is 0 Å². The fraction of sp³-hybridized carbons (Fsp3) is 0.444. The number of ether oxygens (including phenoxy) is 1. The van der Waals surface area contributed by atoms with Gasteiger partial charge in [0.25, 0.3) is 0 Å². The van der Waals surface area contributed by atoms with Crippen LogP contribution in [0.4, 0.5) is 11.5 Å². The average Bonchev–Trinajstić information content (AvgIpc) is 3.53. The molecular weight excluding hydrogens is 454 g/mol. The number of aromatic nitrogens is 2. The van der Waals surface area contributed by atoms with Crippen LogP contribution in [0.5, 0.6) is 5.75 Å². The van der Waals surface area contributed by atoms with Gasteiger partial charge in [0.15, 0.2) is 5.82 Å². The molecule has 3 aromatic rings. The Morgan fingerprint density at radius 3 is 2.86 bits per heavy atom.